The lowest BCUT2D eigenvalue weighted by molar-refractivity contribution is -0.130. The molecule has 3 aromatic rings. The van der Waals surface area contributed by atoms with Gasteiger partial charge >= 0.3 is 0 Å². The second kappa shape index (κ2) is 6.95. The Kier molecular flexibility index (Phi) is 4.71. The highest BCUT2D eigenvalue weighted by Crippen LogP contribution is 2.27. The van der Waals surface area contributed by atoms with E-state index in [0.717, 1.165) is 5.56 Å². The quantitative estimate of drug-likeness (QED) is 0.779. The molecular weight excluding hydrogens is 332 g/mol. The van der Waals surface area contributed by atoms with Crippen LogP contribution in [0.1, 0.15) is 23.0 Å². The topological polar surface area (TPSA) is 88.3 Å². The highest BCUT2D eigenvalue weighted by Gasteiger charge is 2.23. The SMILES string of the molecule is Cc1noc2nc(-c3ccccc3)cc(C(=O)N[C@@H](C)C(=O)N(C)C)c12. The maximum absolute atomic E-state index is 12.9. The minimum absolute atomic E-state index is 0.186. The molecule has 7 nitrogen and oxygen atoms in total. The largest absolute Gasteiger partial charge is 0.347 e. The van der Waals surface area contributed by atoms with E-state index in [2.05, 4.69) is 15.5 Å². The van der Waals surface area contributed by atoms with Crippen LogP contribution in [-0.2, 0) is 4.79 Å². The molecule has 0 saturated carbocycles. The molecule has 1 atom stereocenters. The zero-order valence-electron chi connectivity index (χ0n) is 15.1. The summed E-state index contributed by atoms with van der Waals surface area (Å²) in [5.74, 6) is -0.558. The number of carbonyl (C=O) groups is 2. The monoisotopic (exact) mass is 352 g/mol. The van der Waals surface area contributed by atoms with Crippen LogP contribution in [0.3, 0.4) is 0 Å². The van der Waals surface area contributed by atoms with E-state index in [9.17, 15) is 9.59 Å². The summed E-state index contributed by atoms with van der Waals surface area (Å²) in [4.78, 5) is 30.8. The van der Waals surface area contributed by atoms with Crippen LogP contribution in [0.4, 0.5) is 0 Å². The normalized spacial score (nSPS) is 12.0. The van der Waals surface area contributed by atoms with Gasteiger partial charge in [-0.2, -0.15) is 0 Å². The Morgan fingerprint density at radius 3 is 2.54 bits per heavy atom. The molecule has 0 radical (unpaired) electrons. The first-order chi connectivity index (χ1) is 12.4. The van der Waals surface area contributed by atoms with Gasteiger partial charge in [0, 0.05) is 19.7 Å². The van der Waals surface area contributed by atoms with Gasteiger partial charge in [-0.15, -0.1) is 0 Å². The third kappa shape index (κ3) is 3.28. The van der Waals surface area contributed by atoms with E-state index in [0.29, 0.717) is 28.1 Å². The van der Waals surface area contributed by atoms with E-state index in [1.54, 1.807) is 34.0 Å². The summed E-state index contributed by atoms with van der Waals surface area (Å²) in [6, 6.07) is 10.5. The number of amides is 2. The molecule has 0 saturated heterocycles. The zero-order chi connectivity index (χ0) is 18.8. The highest BCUT2D eigenvalue weighted by molar-refractivity contribution is 6.08. The van der Waals surface area contributed by atoms with Crippen LogP contribution in [0.25, 0.3) is 22.4 Å². The van der Waals surface area contributed by atoms with Gasteiger partial charge in [-0.3, -0.25) is 9.59 Å². The Balaban J connectivity index is 2.05. The van der Waals surface area contributed by atoms with Crippen molar-refractivity contribution in [2.24, 2.45) is 0 Å². The standard InChI is InChI=1S/C19H20N4O3/c1-11-16-14(17(24)20-12(2)19(25)23(3)4)10-15(21-18(16)26-22-11)13-8-6-5-7-9-13/h5-10,12H,1-4H3,(H,20,24)/t12-/m0/s1. The fraction of sp³-hybridized carbons (Fsp3) is 0.263. The first-order valence-corrected chi connectivity index (χ1v) is 8.23. The van der Waals surface area contributed by atoms with Crippen LogP contribution in [0.5, 0.6) is 0 Å². The molecule has 0 aliphatic carbocycles. The van der Waals surface area contributed by atoms with E-state index >= 15 is 0 Å². The smallest absolute Gasteiger partial charge is 0.259 e. The van der Waals surface area contributed by atoms with Crippen LogP contribution in [0.15, 0.2) is 40.9 Å². The average molecular weight is 352 g/mol. The van der Waals surface area contributed by atoms with Crippen molar-refractivity contribution in [1.82, 2.24) is 20.4 Å². The molecule has 0 aliphatic rings. The van der Waals surface area contributed by atoms with Gasteiger partial charge in [-0.1, -0.05) is 35.5 Å². The zero-order valence-corrected chi connectivity index (χ0v) is 15.1. The minimum atomic E-state index is -0.652. The fourth-order valence-electron chi connectivity index (χ4n) is 2.75. The summed E-state index contributed by atoms with van der Waals surface area (Å²) >= 11 is 0. The lowest BCUT2D eigenvalue weighted by Gasteiger charge is -2.18. The Hall–Kier alpha value is -3.22. The number of nitrogens with one attached hydrogen (secondary N) is 1. The molecule has 134 valence electrons. The van der Waals surface area contributed by atoms with Crippen molar-refractivity contribution < 1.29 is 14.1 Å². The summed E-state index contributed by atoms with van der Waals surface area (Å²) in [5.41, 5.74) is 2.70. The number of aryl methyl sites for hydroxylation is 1. The molecule has 0 unspecified atom stereocenters. The molecule has 0 aliphatic heterocycles. The van der Waals surface area contributed by atoms with Gasteiger partial charge in [0.05, 0.1) is 22.3 Å². The number of hydrogen-bond acceptors (Lipinski definition) is 5. The third-order valence-corrected chi connectivity index (χ3v) is 4.09. The second-order valence-electron chi connectivity index (χ2n) is 6.30. The Labute approximate surface area is 151 Å². The van der Waals surface area contributed by atoms with E-state index in [4.69, 9.17) is 4.52 Å². The maximum Gasteiger partial charge on any atom is 0.259 e. The lowest BCUT2D eigenvalue weighted by atomic mass is 10.0. The van der Waals surface area contributed by atoms with Crippen molar-refractivity contribution >= 4 is 22.9 Å². The number of nitrogens with zero attached hydrogens (tertiary/aromatic N) is 3. The van der Waals surface area contributed by atoms with Crippen molar-refractivity contribution in [3.05, 3.63) is 47.7 Å². The fourth-order valence-corrected chi connectivity index (χ4v) is 2.75. The van der Waals surface area contributed by atoms with Gasteiger partial charge in [0.15, 0.2) is 0 Å². The van der Waals surface area contributed by atoms with Gasteiger partial charge < -0.3 is 14.7 Å². The molecule has 7 heteroatoms. The number of likely N-dealkylation sites (N-methyl/N-ethyl adjacent to an activating group) is 1. The molecule has 0 spiro atoms. The predicted molar refractivity (Wildman–Crippen MR) is 97.6 cm³/mol. The molecule has 3 rings (SSSR count). The van der Waals surface area contributed by atoms with E-state index in [1.165, 1.54) is 4.90 Å². The third-order valence-electron chi connectivity index (χ3n) is 4.09. The van der Waals surface area contributed by atoms with Crippen LogP contribution in [0, 0.1) is 6.92 Å². The Morgan fingerprint density at radius 1 is 1.19 bits per heavy atom. The summed E-state index contributed by atoms with van der Waals surface area (Å²) in [6.07, 6.45) is 0. The van der Waals surface area contributed by atoms with Crippen molar-refractivity contribution in [2.45, 2.75) is 19.9 Å². The van der Waals surface area contributed by atoms with E-state index in [1.807, 2.05) is 30.3 Å². The number of hydrogen-bond donors (Lipinski definition) is 1. The number of rotatable bonds is 4. The molecule has 0 fully saturated rings. The van der Waals surface area contributed by atoms with Gasteiger partial charge in [0.1, 0.15) is 6.04 Å². The van der Waals surface area contributed by atoms with Crippen molar-refractivity contribution in [2.75, 3.05) is 14.1 Å². The van der Waals surface area contributed by atoms with Gasteiger partial charge in [0.25, 0.3) is 11.6 Å². The molecule has 2 heterocycles. The van der Waals surface area contributed by atoms with Gasteiger partial charge in [-0.25, -0.2) is 4.98 Å². The van der Waals surface area contributed by atoms with Crippen molar-refractivity contribution in [1.29, 1.82) is 0 Å². The first kappa shape index (κ1) is 17.6. The summed E-state index contributed by atoms with van der Waals surface area (Å²) in [5, 5.41) is 7.21. The first-order valence-electron chi connectivity index (χ1n) is 8.23. The molecule has 2 amide bonds. The van der Waals surface area contributed by atoms with Crippen molar-refractivity contribution in [3.8, 4) is 11.3 Å². The average Bonchev–Trinajstić information content (AvgIpc) is 3.01. The second-order valence-corrected chi connectivity index (χ2v) is 6.30. The predicted octanol–water partition coefficient (Wildman–Crippen LogP) is 2.40. The molecule has 2 aromatic heterocycles. The van der Waals surface area contributed by atoms with Crippen LogP contribution < -0.4 is 5.32 Å². The summed E-state index contributed by atoms with van der Waals surface area (Å²) in [7, 11) is 3.29. The lowest BCUT2D eigenvalue weighted by Crippen LogP contribution is -2.44. The van der Waals surface area contributed by atoms with Gasteiger partial charge in [0.2, 0.25) is 5.91 Å². The van der Waals surface area contributed by atoms with Crippen LogP contribution in [-0.4, -0.2) is 47.0 Å². The minimum Gasteiger partial charge on any atom is -0.347 e. The molecule has 26 heavy (non-hydrogen) atoms. The Morgan fingerprint density at radius 2 is 1.88 bits per heavy atom. The molecule has 1 N–H and O–H groups in total. The number of aromatic nitrogens is 2. The summed E-state index contributed by atoms with van der Waals surface area (Å²) < 4.78 is 5.28. The number of pyridine rings is 1. The van der Waals surface area contributed by atoms with Crippen LogP contribution in [0.2, 0.25) is 0 Å². The number of benzene rings is 1. The maximum atomic E-state index is 12.9. The molecular formula is C19H20N4O3. The Bertz CT molecular complexity index is 964. The highest BCUT2D eigenvalue weighted by atomic mass is 16.5. The van der Waals surface area contributed by atoms with Crippen molar-refractivity contribution in [3.63, 3.8) is 0 Å². The number of fused-ring (bicyclic) bond motifs is 1. The molecule has 0 bridgehead atoms. The molecule has 1 aromatic carbocycles. The summed E-state index contributed by atoms with van der Waals surface area (Å²) in [6.45, 7) is 3.40. The van der Waals surface area contributed by atoms with E-state index in [-0.39, 0.29) is 11.8 Å². The van der Waals surface area contributed by atoms with Gasteiger partial charge in [-0.05, 0) is 19.9 Å². The van der Waals surface area contributed by atoms with Crippen LogP contribution >= 0.6 is 0 Å². The van der Waals surface area contributed by atoms with E-state index < -0.39 is 6.04 Å². The number of carbonyl (C=O) groups excluding carboxylic acids is 2.